The van der Waals surface area contributed by atoms with E-state index in [2.05, 4.69) is 10.2 Å². The van der Waals surface area contributed by atoms with Gasteiger partial charge >= 0.3 is 0 Å². The zero-order chi connectivity index (χ0) is 14.2. The second-order valence-corrected chi connectivity index (χ2v) is 6.43. The molecule has 4 rings (SSSR count). The first-order valence-electron chi connectivity index (χ1n) is 7.20. The molecule has 2 heterocycles. The molecule has 0 N–H and O–H groups in total. The maximum absolute atomic E-state index is 5.43. The Hall–Kier alpha value is -1.82. The second kappa shape index (κ2) is 5.18. The van der Waals surface area contributed by atoms with Crippen molar-refractivity contribution < 1.29 is 4.74 Å². The van der Waals surface area contributed by atoms with Crippen molar-refractivity contribution in [2.45, 2.75) is 36.1 Å². The first kappa shape index (κ1) is 12.9. The summed E-state index contributed by atoms with van der Waals surface area (Å²) in [5.74, 6) is 1.55. The lowest BCUT2D eigenvalue weighted by molar-refractivity contribution is 0.416. The van der Waals surface area contributed by atoms with Gasteiger partial charge in [0.25, 0.3) is 0 Å². The van der Waals surface area contributed by atoms with Gasteiger partial charge in [0.2, 0.25) is 5.16 Å². The molecule has 1 fully saturated rings. The first-order valence-corrected chi connectivity index (χ1v) is 8.08. The lowest BCUT2D eigenvalue weighted by Crippen LogP contribution is -2.26. The minimum absolute atomic E-state index is 0.487. The zero-order valence-corrected chi connectivity index (χ0v) is 12.6. The molecule has 0 unspecified atom stereocenters. The molecule has 108 valence electrons. The first-order chi connectivity index (χ1) is 10.4. The predicted molar refractivity (Wildman–Crippen MR) is 83.0 cm³/mol. The van der Waals surface area contributed by atoms with Crippen molar-refractivity contribution in [2.75, 3.05) is 7.11 Å². The smallest absolute Gasteiger partial charge is 0.213 e. The van der Waals surface area contributed by atoms with E-state index in [1.54, 1.807) is 18.9 Å². The second-order valence-electron chi connectivity index (χ2n) is 5.26. The summed E-state index contributed by atoms with van der Waals surface area (Å²) in [4.78, 5) is 0. The Morgan fingerprint density at radius 3 is 3.05 bits per heavy atom. The lowest BCUT2D eigenvalue weighted by Gasteiger charge is -2.26. The molecule has 1 aliphatic heterocycles. The van der Waals surface area contributed by atoms with Gasteiger partial charge in [0.1, 0.15) is 5.75 Å². The predicted octanol–water partition coefficient (Wildman–Crippen LogP) is 3.21. The van der Waals surface area contributed by atoms with E-state index in [9.17, 15) is 0 Å². The molecule has 0 radical (unpaired) electrons. The van der Waals surface area contributed by atoms with Crippen LogP contribution in [0.3, 0.4) is 0 Å². The number of fused-ring (bicyclic) bond motifs is 2. The van der Waals surface area contributed by atoms with Crippen LogP contribution in [0.4, 0.5) is 0 Å². The molecule has 1 aromatic heterocycles. The van der Waals surface area contributed by atoms with Gasteiger partial charge < -0.3 is 4.74 Å². The third-order valence-electron chi connectivity index (χ3n) is 3.96. The van der Waals surface area contributed by atoms with Gasteiger partial charge in [-0.25, -0.2) is 0 Å². The van der Waals surface area contributed by atoms with Gasteiger partial charge in [-0.15, -0.1) is 10.2 Å². The standard InChI is InChI=1S/C15H16N4OS/c1-20-12-8-4-2-6-10(12)14-16-17-15-19(14)18-11-7-3-5-9-13(11)21-15/h2,4,6,8,13H,3,5,7,9H2,1H3/t13-/m1/s1. The van der Waals surface area contributed by atoms with E-state index in [1.807, 2.05) is 28.9 Å². The molecule has 1 saturated carbocycles. The SMILES string of the molecule is COc1ccccc1-c1nnc2n1N=C1CCCC[C@H]1S2. The third-order valence-corrected chi connectivity index (χ3v) is 5.21. The maximum atomic E-state index is 5.43. The van der Waals surface area contributed by atoms with E-state index in [0.29, 0.717) is 5.25 Å². The number of nitrogens with zero attached hydrogens (tertiary/aromatic N) is 4. The minimum atomic E-state index is 0.487. The lowest BCUT2D eigenvalue weighted by atomic mass is 9.98. The molecule has 1 aromatic carbocycles. The van der Waals surface area contributed by atoms with E-state index in [4.69, 9.17) is 9.84 Å². The topological polar surface area (TPSA) is 52.3 Å². The van der Waals surface area contributed by atoms with Crippen LogP contribution in [0.15, 0.2) is 34.5 Å². The van der Waals surface area contributed by atoms with Crippen LogP contribution in [0.5, 0.6) is 5.75 Å². The number of aromatic nitrogens is 3. The Balaban J connectivity index is 1.82. The van der Waals surface area contributed by atoms with Crippen LogP contribution in [0.1, 0.15) is 25.7 Å². The van der Waals surface area contributed by atoms with Gasteiger partial charge in [0.05, 0.1) is 23.6 Å². The van der Waals surface area contributed by atoms with E-state index in [-0.39, 0.29) is 0 Å². The van der Waals surface area contributed by atoms with E-state index in [0.717, 1.165) is 28.7 Å². The number of methoxy groups -OCH3 is 1. The summed E-state index contributed by atoms with van der Waals surface area (Å²) in [6.07, 6.45) is 4.79. The van der Waals surface area contributed by atoms with Gasteiger partial charge in [-0.1, -0.05) is 30.3 Å². The van der Waals surface area contributed by atoms with Crippen molar-refractivity contribution in [1.82, 2.24) is 14.9 Å². The number of rotatable bonds is 2. The molecule has 21 heavy (non-hydrogen) atoms. The average molecular weight is 300 g/mol. The summed E-state index contributed by atoms with van der Waals surface area (Å²) in [6.45, 7) is 0. The highest BCUT2D eigenvalue weighted by Gasteiger charge is 2.30. The van der Waals surface area contributed by atoms with Crippen molar-refractivity contribution in [3.63, 3.8) is 0 Å². The normalized spacial score (nSPS) is 20.4. The molecule has 0 bridgehead atoms. The fourth-order valence-corrected chi connectivity index (χ4v) is 4.04. The van der Waals surface area contributed by atoms with E-state index in [1.165, 1.54) is 25.0 Å². The van der Waals surface area contributed by atoms with Crippen molar-refractivity contribution in [1.29, 1.82) is 0 Å². The minimum Gasteiger partial charge on any atom is -0.496 e. The Morgan fingerprint density at radius 2 is 2.14 bits per heavy atom. The molecule has 6 heteroatoms. The zero-order valence-electron chi connectivity index (χ0n) is 11.8. The number of hydrogen-bond acceptors (Lipinski definition) is 5. The number of hydrogen-bond donors (Lipinski definition) is 0. The number of ether oxygens (including phenoxy) is 1. The van der Waals surface area contributed by atoms with Crippen LogP contribution in [-0.4, -0.2) is 32.9 Å². The monoisotopic (exact) mass is 300 g/mol. The fraction of sp³-hybridized carbons (Fsp3) is 0.400. The molecule has 0 spiro atoms. The van der Waals surface area contributed by atoms with Crippen molar-refractivity contribution >= 4 is 17.5 Å². The molecule has 2 aromatic rings. The highest BCUT2D eigenvalue weighted by Crippen LogP contribution is 2.38. The van der Waals surface area contributed by atoms with Crippen LogP contribution >= 0.6 is 11.8 Å². The summed E-state index contributed by atoms with van der Waals surface area (Å²) >= 11 is 1.79. The molecule has 1 aliphatic carbocycles. The average Bonchev–Trinajstić information content (AvgIpc) is 2.95. The van der Waals surface area contributed by atoms with Gasteiger partial charge in [-0.3, -0.25) is 0 Å². The summed E-state index contributed by atoms with van der Waals surface area (Å²) in [7, 11) is 1.67. The van der Waals surface area contributed by atoms with Gasteiger partial charge in [-0.2, -0.15) is 9.78 Å². The molecular formula is C15H16N4OS. The van der Waals surface area contributed by atoms with Crippen molar-refractivity contribution in [3.05, 3.63) is 24.3 Å². The van der Waals surface area contributed by atoms with Crippen LogP contribution in [0.2, 0.25) is 0 Å². The molecular weight excluding hydrogens is 284 g/mol. The summed E-state index contributed by atoms with van der Waals surface area (Å²) in [5, 5.41) is 14.8. The fourth-order valence-electron chi connectivity index (χ4n) is 2.89. The largest absolute Gasteiger partial charge is 0.496 e. The van der Waals surface area contributed by atoms with Crippen LogP contribution < -0.4 is 4.74 Å². The Bertz CT molecular complexity index is 709. The molecule has 0 saturated heterocycles. The summed E-state index contributed by atoms with van der Waals surface area (Å²) < 4.78 is 7.31. The molecule has 0 amide bonds. The molecule has 2 aliphatic rings. The van der Waals surface area contributed by atoms with Crippen LogP contribution in [-0.2, 0) is 0 Å². The van der Waals surface area contributed by atoms with Gasteiger partial charge in [-0.05, 0) is 31.4 Å². The van der Waals surface area contributed by atoms with Crippen molar-refractivity contribution in [3.8, 4) is 17.1 Å². The number of para-hydroxylation sites is 1. The van der Waals surface area contributed by atoms with Gasteiger partial charge in [0, 0.05) is 0 Å². The van der Waals surface area contributed by atoms with E-state index >= 15 is 0 Å². The molecule has 1 atom stereocenters. The maximum Gasteiger partial charge on any atom is 0.213 e. The Kier molecular flexibility index (Phi) is 3.18. The number of thioether (sulfide) groups is 1. The summed E-state index contributed by atoms with van der Waals surface area (Å²) in [6, 6.07) is 7.86. The van der Waals surface area contributed by atoms with Crippen molar-refractivity contribution in [2.24, 2.45) is 5.10 Å². The van der Waals surface area contributed by atoms with Crippen LogP contribution in [0, 0.1) is 0 Å². The molecule has 5 nitrogen and oxygen atoms in total. The Labute approximate surface area is 127 Å². The van der Waals surface area contributed by atoms with Crippen LogP contribution in [0.25, 0.3) is 11.4 Å². The third kappa shape index (κ3) is 2.14. The quantitative estimate of drug-likeness (QED) is 0.854. The highest BCUT2D eigenvalue weighted by molar-refractivity contribution is 8.00. The van der Waals surface area contributed by atoms with E-state index < -0.39 is 0 Å². The highest BCUT2D eigenvalue weighted by atomic mass is 32.2. The van der Waals surface area contributed by atoms with Gasteiger partial charge in [0.15, 0.2) is 5.82 Å². The number of benzene rings is 1. The Morgan fingerprint density at radius 1 is 1.24 bits per heavy atom. The summed E-state index contributed by atoms with van der Waals surface area (Å²) in [5.41, 5.74) is 2.20.